The maximum Gasteiger partial charge on any atom is 0.339 e. The quantitative estimate of drug-likeness (QED) is 0.845. The van der Waals surface area contributed by atoms with Crippen LogP contribution in [0.3, 0.4) is 0 Å². The van der Waals surface area contributed by atoms with Crippen LogP contribution in [0.25, 0.3) is 0 Å². The molecule has 0 unspecified atom stereocenters. The molecular weight excluding hydrogens is 208 g/mol. The Morgan fingerprint density at radius 1 is 1.25 bits per heavy atom. The van der Waals surface area contributed by atoms with Crippen molar-refractivity contribution >= 4 is 5.97 Å². The highest BCUT2D eigenvalue weighted by atomic mass is 16.5. The van der Waals surface area contributed by atoms with Gasteiger partial charge < -0.3 is 9.84 Å². The predicted molar refractivity (Wildman–Crippen MR) is 58.5 cm³/mol. The van der Waals surface area contributed by atoms with E-state index in [1.165, 1.54) is 0 Å². The number of ether oxygens (including phenoxy) is 1. The summed E-state index contributed by atoms with van der Waals surface area (Å²) in [6.07, 6.45) is 0. The van der Waals surface area contributed by atoms with Crippen LogP contribution < -0.4 is 0 Å². The lowest BCUT2D eigenvalue weighted by Crippen LogP contribution is -2.25. The minimum atomic E-state index is -1.00. The van der Waals surface area contributed by atoms with Crippen molar-refractivity contribution in [2.24, 2.45) is 0 Å². The molecule has 1 aromatic heterocycles. The molecule has 0 aliphatic carbocycles. The van der Waals surface area contributed by atoms with E-state index in [2.05, 4.69) is 9.97 Å². The monoisotopic (exact) mass is 224 g/mol. The van der Waals surface area contributed by atoms with E-state index in [1.807, 2.05) is 13.8 Å². The Hall–Kier alpha value is -1.49. The number of methoxy groups -OCH3 is 1. The number of carbonyl (C=O) groups is 1. The van der Waals surface area contributed by atoms with Gasteiger partial charge in [0.1, 0.15) is 11.2 Å². The fourth-order valence-electron chi connectivity index (χ4n) is 1.39. The number of hydrogen-bond acceptors (Lipinski definition) is 4. The standard InChI is InChI=1S/C11H16N2O3/c1-6-8(9(14)15)7(2)13-10(12-6)11(3,4)16-5/h1-5H3,(H,14,15). The number of aromatic carboxylic acids is 1. The number of hydrogen-bond donors (Lipinski definition) is 1. The van der Waals surface area contributed by atoms with E-state index in [9.17, 15) is 4.79 Å². The lowest BCUT2D eigenvalue weighted by atomic mass is 10.1. The normalized spacial score (nSPS) is 11.6. The van der Waals surface area contributed by atoms with Gasteiger partial charge in [-0.2, -0.15) is 0 Å². The largest absolute Gasteiger partial charge is 0.478 e. The Bertz CT molecular complexity index is 404. The van der Waals surface area contributed by atoms with Gasteiger partial charge in [0.15, 0.2) is 5.82 Å². The number of aryl methyl sites for hydroxylation is 2. The molecule has 1 aromatic rings. The Balaban J connectivity index is 3.36. The average molecular weight is 224 g/mol. The minimum Gasteiger partial charge on any atom is -0.478 e. The third-order valence-corrected chi connectivity index (χ3v) is 2.53. The molecule has 0 bridgehead atoms. The predicted octanol–water partition coefficient (Wildman–Crippen LogP) is 1.67. The summed E-state index contributed by atoms with van der Waals surface area (Å²) < 4.78 is 5.26. The van der Waals surface area contributed by atoms with Crippen LogP contribution in [0.4, 0.5) is 0 Å². The number of rotatable bonds is 3. The van der Waals surface area contributed by atoms with Gasteiger partial charge in [0.25, 0.3) is 0 Å². The van der Waals surface area contributed by atoms with Gasteiger partial charge in [-0.05, 0) is 27.7 Å². The first kappa shape index (κ1) is 12.6. The summed E-state index contributed by atoms with van der Waals surface area (Å²) in [7, 11) is 1.57. The summed E-state index contributed by atoms with van der Waals surface area (Å²) in [5, 5.41) is 8.99. The molecule has 1 rings (SSSR count). The first-order valence-electron chi connectivity index (χ1n) is 4.93. The summed E-state index contributed by atoms with van der Waals surface area (Å²) in [5.41, 5.74) is 0.461. The van der Waals surface area contributed by atoms with Gasteiger partial charge in [-0.25, -0.2) is 14.8 Å². The summed E-state index contributed by atoms with van der Waals surface area (Å²) in [4.78, 5) is 19.3. The Morgan fingerprint density at radius 2 is 1.69 bits per heavy atom. The van der Waals surface area contributed by atoms with Crippen molar-refractivity contribution in [3.05, 3.63) is 22.8 Å². The Morgan fingerprint density at radius 3 is 2.00 bits per heavy atom. The fraction of sp³-hybridized carbons (Fsp3) is 0.545. The second-order valence-corrected chi connectivity index (χ2v) is 4.11. The van der Waals surface area contributed by atoms with Gasteiger partial charge in [-0.3, -0.25) is 0 Å². The molecule has 0 aromatic carbocycles. The molecular formula is C11H16N2O3. The van der Waals surface area contributed by atoms with Crippen LogP contribution >= 0.6 is 0 Å². The van der Waals surface area contributed by atoms with Gasteiger partial charge in [-0.1, -0.05) is 0 Å². The molecule has 0 amide bonds. The van der Waals surface area contributed by atoms with Crippen LogP contribution in [0.15, 0.2) is 0 Å². The molecule has 0 aliphatic heterocycles. The molecule has 0 radical (unpaired) electrons. The molecule has 5 nitrogen and oxygen atoms in total. The lowest BCUT2D eigenvalue weighted by Gasteiger charge is -2.22. The van der Waals surface area contributed by atoms with Gasteiger partial charge >= 0.3 is 5.97 Å². The molecule has 16 heavy (non-hydrogen) atoms. The van der Waals surface area contributed by atoms with Crippen LogP contribution in [-0.4, -0.2) is 28.2 Å². The molecule has 0 saturated carbocycles. The van der Waals surface area contributed by atoms with Crippen molar-refractivity contribution in [3.8, 4) is 0 Å². The molecule has 0 atom stereocenters. The van der Waals surface area contributed by atoms with Crippen LogP contribution in [0.1, 0.15) is 41.4 Å². The highest BCUT2D eigenvalue weighted by molar-refractivity contribution is 5.89. The number of carboxylic acid groups (broad SMARTS) is 1. The summed E-state index contributed by atoms with van der Waals surface area (Å²) >= 11 is 0. The Kier molecular flexibility index (Phi) is 3.28. The van der Waals surface area contributed by atoms with E-state index in [-0.39, 0.29) is 5.56 Å². The molecule has 1 heterocycles. The summed E-state index contributed by atoms with van der Waals surface area (Å²) in [5.74, 6) is -0.508. The minimum absolute atomic E-state index is 0.163. The first-order valence-corrected chi connectivity index (χ1v) is 4.93. The van der Waals surface area contributed by atoms with E-state index in [0.29, 0.717) is 17.2 Å². The van der Waals surface area contributed by atoms with Crippen LogP contribution in [-0.2, 0) is 10.3 Å². The van der Waals surface area contributed by atoms with Crippen molar-refractivity contribution in [1.29, 1.82) is 0 Å². The fourth-order valence-corrected chi connectivity index (χ4v) is 1.39. The van der Waals surface area contributed by atoms with Gasteiger partial charge in [0.2, 0.25) is 0 Å². The zero-order chi connectivity index (χ0) is 12.5. The van der Waals surface area contributed by atoms with E-state index in [4.69, 9.17) is 9.84 Å². The first-order chi connectivity index (χ1) is 7.29. The van der Waals surface area contributed by atoms with Gasteiger partial charge in [0.05, 0.1) is 11.4 Å². The van der Waals surface area contributed by atoms with Crippen molar-refractivity contribution in [3.63, 3.8) is 0 Å². The van der Waals surface area contributed by atoms with E-state index in [1.54, 1.807) is 21.0 Å². The van der Waals surface area contributed by atoms with Crippen LogP contribution in [0.2, 0.25) is 0 Å². The third-order valence-electron chi connectivity index (χ3n) is 2.53. The van der Waals surface area contributed by atoms with Crippen molar-refractivity contribution < 1.29 is 14.6 Å². The molecule has 0 spiro atoms. The number of aromatic nitrogens is 2. The lowest BCUT2D eigenvalue weighted by molar-refractivity contribution is 0.0111. The third kappa shape index (κ3) is 2.19. The highest BCUT2D eigenvalue weighted by Crippen LogP contribution is 2.22. The maximum absolute atomic E-state index is 11.0. The SMILES string of the molecule is COC(C)(C)c1nc(C)c(C(=O)O)c(C)n1. The molecule has 0 fully saturated rings. The highest BCUT2D eigenvalue weighted by Gasteiger charge is 2.26. The maximum atomic E-state index is 11.0. The molecule has 1 N–H and O–H groups in total. The van der Waals surface area contributed by atoms with Gasteiger partial charge in [0, 0.05) is 7.11 Å². The topological polar surface area (TPSA) is 72.3 Å². The van der Waals surface area contributed by atoms with E-state index in [0.717, 1.165) is 0 Å². The second kappa shape index (κ2) is 4.17. The number of carboxylic acids is 1. The molecule has 0 aliphatic rings. The average Bonchev–Trinajstić information content (AvgIpc) is 2.15. The zero-order valence-electron chi connectivity index (χ0n) is 10.2. The molecule has 5 heteroatoms. The number of nitrogens with zero attached hydrogens (tertiary/aromatic N) is 2. The van der Waals surface area contributed by atoms with Crippen LogP contribution in [0, 0.1) is 13.8 Å². The Labute approximate surface area is 94.5 Å². The summed E-state index contributed by atoms with van der Waals surface area (Å²) in [6, 6.07) is 0. The van der Waals surface area contributed by atoms with Crippen molar-refractivity contribution in [2.75, 3.05) is 7.11 Å². The smallest absolute Gasteiger partial charge is 0.339 e. The van der Waals surface area contributed by atoms with Gasteiger partial charge in [-0.15, -0.1) is 0 Å². The van der Waals surface area contributed by atoms with E-state index >= 15 is 0 Å². The molecule has 0 saturated heterocycles. The molecule has 88 valence electrons. The van der Waals surface area contributed by atoms with E-state index < -0.39 is 11.6 Å². The zero-order valence-corrected chi connectivity index (χ0v) is 10.2. The summed E-state index contributed by atoms with van der Waals surface area (Å²) in [6.45, 7) is 6.99. The van der Waals surface area contributed by atoms with Crippen molar-refractivity contribution in [2.45, 2.75) is 33.3 Å². The van der Waals surface area contributed by atoms with Crippen molar-refractivity contribution in [1.82, 2.24) is 9.97 Å². The van der Waals surface area contributed by atoms with Crippen LogP contribution in [0.5, 0.6) is 0 Å². The second-order valence-electron chi connectivity index (χ2n) is 4.11.